The van der Waals surface area contributed by atoms with Gasteiger partial charge in [0.05, 0.1) is 0 Å². The molecule has 54 valence electrons. The lowest BCUT2D eigenvalue weighted by Gasteiger charge is -1.92. The molecular weight excluding hydrogens is 122 g/mol. The lowest BCUT2D eigenvalue weighted by Crippen LogP contribution is -1.80. The monoisotopic (exact) mass is 135 g/mol. The van der Waals surface area contributed by atoms with Crippen LogP contribution in [0.4, 0.5) is 0 Å². The Bertz CT molecular complexity index is 233. The minimum Gasteiger partial charge on any atom is -0.365 e. The van der Waals surface area contributed by atoms with Gasteiger partial charge >= 0.3 is 0 Å². The zero-order valence-electron chi connectivity index (χ0n) is 6.57. The van der Waals surface area contributed by atoms with Crippen molar-refractivity contribution < 1.29 is 0 Å². The maximum absolute atomic E-state index is 3.69. The molecule has 1 rings (SSSR count). The fraction of sp³-hybridized carbons (Fsp3) is 0.333. The molecule has 0 radical (unpaired) electrons. The SMILES string of the molecule is C=CCc1c[nH]c(C)c1C. The van der Waals surface area contributed by atoms with Gasteiger partial charge in [-0.1, -0.05) is 6.08 Å². The Morgan fingerprint density at radius 3 is 2.70 bits per heavy atom. The number of H-pyrrole nitrogens is 1. The fourth-order valence-electron chi connectivity index (χ4n) is 1.02. The first-order valence-electron chi connectivity index (χ1n) is 3.50. The summed E-state index contributed by atoms with van der Waals surface area (Å²) in [5, 5.41) is 0. The summed E-state index contributed by atoms with van der Waals surface area (Å²) in [4.78, 5) is 3.17. The number of aromatic nitrogens is 1. The van der Waals surface area contributed by atoms with E-state index in [1.807, 2.05) is 12.3 Å². The maximum Gasteiger partial charge on any atom is 0.0148 e. The number of aryl methyl sites for hydroxylation is 1. The van der Waals surface area contributed by atoms with Gasteiger partial charge in [0, 0.05) is 11.9 Å². The number of hydrogen-bond acceptors (Lipinski definition) is 0. The Hall–Kier alpha value is -0.980. The molecule has 0 aliphatic heterocycles. The molecule has 0 saturated carbocycles. The van der Waals surface area contributed by atoms with E-state index >= 15 is 0 Å². The van der Waals surface area contributed by atoms with E-state index in [1.54, 1.807) is 0 Å². The van der Waals surface area contributed by atoms with Gasteiger partial charge in [-0.3, -0.25) is 0 Å². The third-order valence-electron chi connectivity index (χ3n) is 1.87. The second-order valence-electron chi connectivity index (χ2n) is 2.56. The third kappa shape index (κ3) is 1.13. The lowest BCUT2D eigenvalue weighted by molar-refractivity contribution is 1.22. The fourth-order valence-corrected chi connectivity index (χ4v) is 1.02. The van der Waals surface area contributed by atoms with E-state index in [0.29, 0.717) is 0 Å². The summed E-state index contributed by atoms with van der Waals surface area (Å²) < 4.78 is 0. The minimum absolute atomic E-state index is 0.968. The first-order valence-corrected chi connectivity index (χ1v) is 3.50. The number of allylic oxidation sites excluding steroid dienone is 1. The van der Waals surface area contributed by atoms with E-state index in [9.17, 15) is 0 Å². The van der Waals surface area contributed by atoms with Crippen molar-refractivity contribution >= 4 is 0 Å². The van der Waals surface area contributed by atoms with Gasteiger partial charge in [0.15, 0.2) is 0 Å². The molecule has 0 spiro atoms. The van der Waals surface area contributed by atoms with E-state index in [2.05, 4.69) is 25.4 Å². The Kier molecular flexibility index (Phi) is 1.95. The van der Waals surface area contributed by atoms with Crippen LogP contribution in [0, 0.1) is 13.8 Å². The zero-order chi connectivity index (χ0) is 7.56. The molecule has 0 fully saturated rings. The van der Waals surface area contributed by atoms with Gasteiger partial charge in [0.2, 0.25) is 0 Å². The van der Waals surface area contributed by atoms with Crippen LogP contribution in [0.2, 0.25) is 0 Å². The second-order valence-corrected chi connectivity index (χ2v) is 2.56. The van der Waals surface area contributed by atoms with Crippen LogP contribution in [0.25, 0.3) is 0 Å². The molecule has 1 heteroatoms. The largest absolute Gasteiger partial charge is 0.365 e. The summed E-state index contributed by atoms with van der Waals surface area (Å²) in [6.45, 7) is 7.91. The van der Waals surface area contributed by atoms with Crippen molar-refractivity contribution in [2.45, 2.75) is 20.3 Å². The Morgan fingerprint density at radius 1 is 1.60 bits per heavy atom. The van der Waals surface area contributed by atoms with E-state index in [0.717, 1.165) is 6.42 Å². The average Bonchev–Trinajstić information content (AvgIpc) is 2.20. The minimum atomic E-state index is 0.968. The lowest BCUT2D eigenvalue weighted by atomic mass is 10.1. The second kappa shape index (κ2) is 2.74. The molecule has 10 heavy (non-hydrogen) atoms. The molecule has 0 atom stereocenters. The molecule has 1 heterocycles. The van der Waals surface area contributed by atoms with Crippen molar-refractivity contribution in [3.05, 3.63) is 35.7 Å². The van der Waals surface area contributed by atoms with Crippen molar-refractivity contribution in [3.8, 4) is 0 Å². The molecule has 1 N–H and O–H groups in total. The van der Waals surface area contributed by atoms with E-state index in [1.165, 1.54) is 16.8 Å². The highest BCUT2D eigenvalue weighted by Crippen LogP contribution is 2.11. The highest BCUT2D eigenvalue weighted by Gasteiger charge is 1.99. The average molecular weight is 135 g/mol. The molecule has 0 unspecified atom stereocenters. The van der Waals surface area contributed by atoms with Gasteiger partial charge in [0.25, 0.3) is 0 Å². The highest BCUT2D eigenvalue weighted by atomic mass is 14.7. The number of nitrogens with one attached hydrogen (secondary N) is 1. The molecule has 0 amide bonds. The Balaban J connectivity index is 2.93. The normalized spacial score (nSPS) is 9.80. The van der Waals surface area contributed by atoms with Crippen LogP contribution in [0.15, 0.2) is 18.9 Å². The maximum atomic E-state index is 3.69. The van der Waals surface area contributed by atoms with Crippen molar-refractivity contribution in [2.24, 2.45) is 0 Å². The molecule has 0 aromatic carbocycles. The molecule has 1 nitrogen and oxygen atoms in total. The quantitative estimate of drug-likeness (QED) is 0.599. The van der Waals surface area contributed by atoms with Crippen LogP contribution in [0.3, 0.4) is 0 Å². The van der Waals surface area contributed by atoms with Crippen LogP contribution in [0.1, 0.15) is 16.8 Å². The highest BCUT2D eigenvalue weighted by molar-refractivity contribution is 5.29. The van der Waals surface area contributed by atoms with Crippen LogP contribution in [-0.4, -0.2) is 4.98 Å². The van der Waals surface area contributed by atoms with Gasteiger partial charge in [0.1, 0.15) is 0 Å². The van der Waals surface area contributed by atoms with Crippen molar-refractivity contribution in [2.75, 3.05) is 0 Å². The molecule has 0 aliphatic carbocycles. The first-order chi connectivity index (χ1) is 4.75. The van der Waals surface area contributed by atoms with Gasteiger partial charge in [-0.2, -0.15) is 0 Å². The molecule has 0 aliphatic rings. The van der Waals surface area contributed by atoms with Crippen molar-refractivity contribution in [1.82, 2.24) is 4.98 Å². The van der Waals surface area contributed by atoms with Crippen LogP contribution in [0.5, 0.6) is 0 Å². The number of hydrogen-bond donors (Lipinski definition) is 1. The van der Waals surface area contributed by atoms with Gasteiger partial charge in [-0.15, -0.1) is 6.58 Å². The molecule has 1 aromatic rings. The number of rotatable bonds is 2. The van der Waals surface area contributed by atoms with Gasteiger partial charge in [-0.25, -0.2) is 0 Å². The summed E-state index contributed by atoms with van der Waals surface area (Å²) in [6, 6.07) is 0. The van der Waals surface area contributed by atoms with E-state index in [4.69, 9.17) is 0 Å². The first kappa shape index (κ1) is 7.13. The van der Waals surface area contributed by atoms with Crippen LogP contribution in [-0.2, 0) is 6.42 Å². The summed E-state index contributed by atoms with van der Waals surface area (Å²) in [7, 11) is 0. The predicted octanol–water partition coefficient (Wildman–Crippen LogP) is 2.36. The van der Waals surface area contributed by atoms with Crippen molar-refractivity contribution in [1.29, 1.82) is 0 Å². The predicted molar refractivity (Wildman–Crippen MR) is 44.2 cm³/mol. The van der Waals surface area contributed by atoms with Gasteiger partial charge in [-0.05, 0) is 31.4 Å². The van der Waals surface area contributed by atoms with E-state index in [-0.39, 0.29) is 0 Å². The summed E-state index contributed by atoms with van der Waals surface area (Å²) >= 11 is 0. The summed E-state index contributed by atoms with van der Waals surface area (Å²) in [5.74, 6) is 0. The van der Waals surface area contributed by atoms with Crippen LogP contribution >= 0.6 is 0 Å². The van der Waals surface area contributed by atoms with Gasteiger partial charge < -0.3 is 4.98 Å². The third-order valence-corrected chi connectivity index (χ3v) is 1.87. The standard InChI is InChI=1S/C9H13N/c1-4-5-9-6-10-8(3)7(9)2/h4,6,10H,1,5H2,2-3H3. The van der Waals surface area contributed by atoms with Crippen LogP contribution < -0.4 is 0 Å². The van der Waals surface area contributed by atoms with E-state index < -0.39 is 0 Å². The molecule has 1 aromatic heterocycles. The summed E-state index contributed by atoms with van der Waals surface area (Å²) in [6.07, 6.45) is 4.94. The topological polar surface area (TPSA) is 15.8 Å². The molecular formula is C9H13N. The Labute approximate surface area is 61.8 Å². The smallest absolute Gasteiger partial charge is 0.0148 e. The molecule has 0 saturated heterocycles. The Morgan fingerprint density at radius 2 is 2.30 bits per heavy atom. The zero-order valence-corrected chi connectivity index (χ0v) is 6.57. The summed E-state index contributed by atoms with van der Waals surface area (Å²) in [5.41, 5.74) is 3.98. The van der Waals surface area contributed by atoms with Crippen molar-refractivity contribution in [3.63, 3.8) is 0 Å². The molecule has 0 bridgehead atoms. The number of aromatic amines is 1.